The summed E-state index contributed by atoms with van der Waals surface area (Å²) in [6.07, 6.45) is 3.94. The number of halogens is 1. The van der Waals surface area contributed by atoms with Gasteiger partial charge in [0.05, 0.1) is 12.2 Å². The Balaban J connectivity index is 0.00000312. The van der Waals surface area contributed by atoms with Crippen LogP contribution in [0.2, 0.25) is 0 Å². The number of benzene rings is 1. The Morgan fingerprint density at radius 2 is 2.16 bits per heavy atom. The van der Waals surface area contributed by atoms with Crippen LogP contribution in [0.15, 0.2) is 23.2 Å². The van der Waals surface area contributed by atoms with Crippen molar-refractivity contribution in [1.29, 1.82) is 0 Å². The second kappa shape index (κ2) is 11.6. The van der Waals surface area contributed by atoms with Gasteiger partial charge in [0.25, 0.3) is 0 Å². The molecule has 0 amide bonds. The Hall–Kier alpha value is -1.02. The third-order valence-corrected chi connectivity index (χ3v) is 4.04. The highest BCUT2D eigenvalue weighted by Crippen LogP contribution is 2.21. The van der Waals surface area contributed by atoms with E-state index in [1.165, 1.54) is 18.4 Å². The van der Waals surface area contributed by atoms with Crippen LogP contribution in [0.5, 0.6) is 5.75 Å². The van der Waals surface area contributed by atoms with Gasteiger partial charge < -0.3 is 20.1 Å². The van der Waals surface area contributed by atoms with Crippen molar-refractivity contribution in [3.63, 3.8) is 0 Å². The number of guanidine groups is 1. The molecule has 1 heterocycles. The molecule has 0 radical (unpaired) electrons. The quantitative estimate of drug-likeness (QED) is 0.370. The van der Waals surface area contributed by atoms with Gasteiger partial charge in [-0.3, -0.25) is 4.99 Å². The zero-order valence-corrected chi connectivity index (χ0v) is 18.1. The van der Waals surface area contributed by atoms with Gasteiger partial charge >= 0.3 is 0 Å². The highest BCUT2D eigenvalue weighted by atomic mass is 127. The van der Waals surface area contributed by atoms with Crippen LogP contribution in [0.3, 0.4) is 0 Å². The molecule has 2 N–H and O–H groups in total. The molecule has 0 spiro atoms. The lowest BCUT2D eigenvalue weighted by atomic mass is 10.1. The van der Waals surface area contributed by atoms with E-state index in [-0.39, 0.29) is 30.1 Å². The van der Waals surface area contributed by atoms with Crippen LogP contribution < -0.4 is 15.4 Å². The summed E-state index contributed by atoms with van der Waals surface area (Å²) in [4.78, 5) is 4.29. The molecule has 2 rings (SSSR count). The van der Waals surface area contributed by atoms with Crippen molar-refractivity contribution in [1.82, 2.24) is 10.6 Å². The lowest BCUT2D eigenvalue weighted by Gasteiger charge is -2.17. The lowest BCUT2D eigenvalue weighted by molar-refractivity contribution is 0.105. The molecular weight excluding hydrogens is 429 g/mol. The molecule has 142 valence electrons. The lowest BCUT2D eigenvalue weighted by Crippen LogP contribution is -2.38. The first-order valence-corrected chi connectivity index (χ1v) is 8.90. The number of hydrogen-bond acceptors (Lipinski definition) is 3. The molecule has 1 aliphatic heterocycles. The number of aryl methyl sites for hydroxylation is 1. The summed E-state index contributed by atoms with van der Waals surface area (Å²) in [7, 11) is 1.79. The first-order chi connectivity index (χ1) is 11.6. The molecule has 1 fully saturated rings. The summed E-state index contributed by atoms with van der Waals surface area (Å²) in [6, 6.07) is 6.31. The Morgan fingerprint density at radius 1 is 1.36 bits per heavy atom. The van der Waals surface area contributed by atoms with Gasteiger partial charge in [0, 0.05) is 32.3 Å². The molecule has 0 saturated carbocycles. The molecule has 1 aromatic carbocycles. The van der Waals surface area contributed by atoms with E-state index in [2.05, 4.69) is 40.7 Å². The van der Waals surface area contributed by atoms with E-state index in [4.69, 9.17) is 9.47 Å². The van der Waals surface area contributed by atoms with Crippen LogP contribution in [-0.2, 0) is 11.3 Å². The predicted octanol–water partition coefficient (Wildman–Crippen LogP) is 3.63. The van der Waals surface area contributed by atoms with E-state index < -0.39 is 0 Å². The van der Waals surface area contributed by atoms with Gasteiger partial charge in [-0.05, 0) is 51.7 Å². The fourth-order valence-electron chi connectivity index (χ4n) is 2.79. The average Bonchev–Trinajstić information content (AvgIpc) is 3.05. The largest absolute Gasteiger partial charge is 0.491 e. The molecule has 5 nitrogen and oxygen atoms in total. The number of aliphatic imine (C=N–C) groups is 1. The Morgan fingerprint density at radius 3 is 2.80 bits per heavy atom. The first kappa shape index (κ1) is 22.0. The zero-order valence-electron chi connectivity index (χ0n) is 15.8. The van der Waals surface area contributed by atoms with Crippen LogP contribution in [0, 0.1) is 6.92 Å². The van der Waals surface area contributed by atoms with Gasteiger partial charge in [-0.25, -0.2) is 0 Å². The molecule has 0 aromatic heterocycles. The minimum absolute atomic E-state index is 0. The fraction of sp³-hybridized carbons (Fsp3) is 0.632. The topological polar surface area (TPSA) is 54.9 Å². The van der Waals surface area contributed by atoms with Crippen LogP contribution >= 0.6 is 24.0 Å². The van der Waals surface area contributed by atoms with Gasteiger partial charge in [-0.2, -0.15) is 0 Å². The van der Waals surface area contributed by atoms with E-state index >= 15 is 0 Å². The van der Waals surface area contributed by atoms with E-state index in [1.54, 1.807) is 7.05 Å². The van der Waals surface area contributed by atoms with Crippen molar-refractivity contribution in [2.24, 2.45) is 4.99 Å². The Labute approximate surface area is 169 Å². The Bertz CT molecular complexity index is 543. The second-order valence-corrected chi connectivity index (χ2v) is 6.55. The molecule has 1 unspecified atom stereocenters. The molecule has 1 aliphatic rings. The summed E-state index contributed by atoms with van der Waals surface area (Å²) >= 11 is 0. The standard InChI is InChI=1S/C19H31N3O2.HI/c1-14(2)24-18-12-15(3)7-8-16(18)13-22-19(20-4)21-10-9-17-6-5-11-23-17;/h7-8,12,14,17H,5-6,9-11,13H2,1-4H3,(H2,20,21,22);1H. The highest BCUT2D eigenvalue weighted by Gasteiger charge is 2.15. The average molecular weight is 461 g/mol. The fourth-order valence-corrected chi connectivity index (χ4v) is 2.79. The van der Waals surface area contributed by atoms with Crippen LogP contribution in [0.25, 0.3) is 0 Å². The maximum atomic E-state index is 5.92. The third kappa shape index (κ3) is 7.81. The van der Waals surface area contributed by atoms with Crippen LogP contribution in [-0.4, -0.2) is 38.4 Å². The van der Waals surface area contributed by atoms with E-state index in [0.29, 0.717) is 12.6 Å². The highest BCUT2D eigenvalue weighted by molar-refractivity contribution is 14.0. The van der Waals surface area contributed by atoms with E-state index in [0.717, 1.165) is 36.8 Å². The van der Waals surface area contributed by atoms with Gasteiger partial charge in [-0.15, -0.1) is 24.0 Å². The van der Waals surface area contributed by atoms with Crippen molar-refractivity contribution in [3.8, 4) is 5.75 Å². The summed E-state index contributed by atoms with van der Waals surface area (Å²) in [5.41, 5.74) is 2.34. The second-order valence-electron chi connectivity index (χ2n) is 6.55. The van der Waals surface area contributed by atoms with Gasteiger partial charge in [-0.1, -0.05) is 12.1 Å². The molecule has 0 aliphatic carbocycles. The normalized spacial score (nSPS) is 17.3. The SMILES string of the molecule is CN=C(NCCC1CCCO1)NCc1ccc(C)cc1OC(C)C.I. The predicted molar refractivity (Wildman–Crippen MR) is 114 cm³/mol. The molecule has 0 bridgehead atoms. The smallest absolute Gasteiger partial charge is 0.191 e. The van der Waals surface area contributed by atoms with Crippen LogP contribution in [0.1, 0.15) is 44.2 Å². The molecule has 25 heavy (non-hydrogen) atoms. The van der Waals surface area contributed by atoms with Gasteiger partial charge in [0.15, 0.2) is 5.96 Å². The summed E-state index contributed by atoms with van der Waals surface area (Å²) in [5.74, 6) is 1.75. The molecule has 1 saturated heterocycles. The molecule has 1 atom stereocenters. The van der Waals surface area contributed by atoms with Gasteiger partial charge in [0.2, 0.25) is 0 Å². The van der Waals surface area contributed by atoms with Gasteiger partial charge in [0.1, 0.15) is 5.75 Å². The number of hydrogen-bond donors (Lipinski definition) is 2. The minimum atomic E-state index is 0. The van der Waals surface area contributed by atoms with E-state index in [9.17, 15) is 0 Å². The maximum absolute atomic E-state index is 5.92. The third-order valence-electron chi connectivity index (χ3n) is 4.04. The molecule has 6 heteroatoms. The van der Waals surface area contributed by atoms with Crippen molar-refractivity contribution < 1.29 is 9.47 Å². The van der Waals surface area contributed by atoms with E-state index in [1.807, 2.05) is 13.8 Å². The zero-order chi connectivity index (χ0) is 17.4. The number of nitrogens with zero attached hydrogens (tertiary/aromatic N) is 1. The molecular formula is C19H32IN3O2. The maximum Gasteiger partial charge on any atom is 0.191 e. The summed E-state index contributed by atoms with van der Waals surface area (Å²) < 4.78 is 11.6. The Kier molecular flexibility index (Phi) is 10.2. The minimum Gasteiger partial charge on any atom is -0.491 e. The summed E-state index contributed by atoms with van der Waals surface area (Å²) in [5, 5.41) is 6.72. The van der Waals surface area contributed by atoms with Crippen molar-refractivity contribution in [3.05, 3.63) is 29.3 Å². The van der Waals surface area contributed by atoms with Crippen LogP contribution in [0.4, 0.5) is 0 Å². The first-order valence-electron chi connectivity index (χ1n) is 8.90. The number of nitrogens with one attached hydrogen (secondary N) is 2. The number of rotatable bonds is 7. The summed E-state index contributed by atoms with van der Waals surface area (Å²) in [6.45, 7) is 8.63. The van der Waals surface area contributed by atoms with Crippen molar-refractivity contribution >= 4 is 29.9 Å². The van der Waals surface area contributed by atoms with Crippen molar-refractivity contribution in [2.75, 3.05) is 20.2 Å². The molecule has 1 aromatic rings. The van der Waals surface area contributed by atoms with Crippen molar-refractivity contribution in [2.45, 2.75) is 58.8 Å². The number of ether oxygens (including phenoxy) is 2. The monoisotopic (exact) mass is 461 g/mol.